The molecule has 2 heterocycles. The van der Waals surface area contributed by atoms with Gasteiger partial charge in [-0.1, -0.05) is 18.2 Å². The van der Waals surface area contributed by atoms with E-state index in [-0.39, 0.29) is 23.8 Å². The number of esters is 1. The zero-order valence-electron chi connectivity index (χ0n) is 16.3. The smallest absolute Gasteiger partial charge is 0.345 e. The number of carbonyl (C=O) groups excluding carboxylic acids is 1. The van der Waals surface area contributed by atoms with Crippen LogP contribution in [0.25, 0.3) is 5.70 Å². The lowest BCUT2D eigenvalue weighted by Gasteiger charge is -2.17. The van der Waals surface area contributed by atoms with Crippen molar-refractivity contribution in [3.8, 4) is 11.6 Å². The summed E-state index contributed by atoms with van der Waals surface area (Å²) < 4.78 is 12.6. The Morgan fingerprint density at radius 2 is 2.14 bits per heavy atom. The summed E-state index contributed by atoms with van der Waals surface area (Å²) in [6, 6.07) is 5.49. The summed E-state index contributed by atoms with van der Waals surface area (Å²) in [6.07, 6.45) is 6.25. The van der Waals surface area contributed by atoms with Gasteiger partial charge < -0.3 is 14.6 Å². The Hall–Kier alpha value is -3.35. The summed E-state index contributed by atoms with van der Waals surface area (Å²) in [5, 5.41) is 14.7. The van der Waals surface area contributed by atoms with E-state index in [1.54, 1.807) is 26.0 Å². The highest BCUT2D eigenvalue weighted by molar-refractivity contribution is 6.11. The van der Waals surface area contributed by atoms with E-state index in [1.807, 2.05) is 38.1 Å². The second-order valence-electron chi connectivity index (χ2n) is 6.37. The van der Waals surface area contributed by atoms with Gasteiger partial charge in [0.2, 0.25) is 5.88 Å². The minimum Gasteiger partial charge on any atom is -0.507 e. The van der Waals surface area contributed by atoms with Crippen LogP contribution in [0.1, 0.15) is 42.3 Å². The summed E-state index contributed by atoms with van der Waals surface area (Å²) in [7, 11) is 0. The molecule has 3 rings (SSSR count). The van der Waals surface area contributed by atoms with Crippen molar-refractivity contribution in [2.75, 3.05) is 6.61 Å². The molecule has 1 atom stereocenters. The Morgan fingerprint density at radius 1 is 1.36 bits per heavy atom. The van der Waals surface area contributed by atoms with Gasteiger partial charge >= 0.3 is 5.97 Å². The van der Waals surface area contributed by atoms with E-state index in [9.17, 15) is 9.90 Å². The van der Waals surface area contributed by atoms with Crippen molar-refractivity contribution in [3.63, 3.8) is 0 Å². The number of aryl methyl sites for hydroxylation is 1. The predicted molar refractivity (Wildman–Crippen MR) is 107 cm³/mol. The quantitative estimate of drug-likeness (QED) is 0.819. The summed E-state index contributed by atoms with van der Waals surface area (Å²) in [5.74, 6) is -0.0587. The first-order valence-electron chi connectivity index (χ1n) is 9.06. The Balaban J connectivity index is 2.07. The van der Waals surface area contributed by atoms with E-state index in [0.717, 1.165) is 11.3 Å². The molecule has 0 fully saturated rings. The average Bonchev–Trinajstić information content (AvgIpc) is 3.06. The number of rotatable bonds is 3. The molecule has 146 valence electrons. The van der Waals surface area contributed by atoms with E-state index in [0.29, 0.717) is 11.3 Å². The number of ether oxygens (including phenoxy) is 2. The Kier molecular flexibility index (Phi) is 5.63. The van der Waals surface area contributed by atoms with Crippen LogP contribution in [0.4, 0.5) is 0 Å². The maximum atomic E-state index is 12.3. The number of phenols is 1. The first-order valence-corrected chi connectivity index (χ1v) is 9.06. The van der Waals surface area contributed by atoms with Gasteiger partial charge in [-0.15, -0.1) is 0 Å². The van der Waals surface area contributed by atoms with Crippen molar-refractivity contribution < 1.29 is 19.4 Å². The molecule has 0 spiro atoms. The number of aliphatic imine (C=N–C) groups is 1. The molecule has 0 amide bonds. The third-order valence-corrected chi connectivity index (χ3v) is 4.26. The zero-order valence-corrected chi connectivity index (χ0v) is 16.3. The zero-order chi connectivity index (χ0) is 20.3. The number of benzene rings is 1. The summed E-state index contributed by atoms with van der Waals surface area (Å²) in [6.45, 7) is 7.44. The Morgan fingerprint density at radius 3 is 2.89 bits per heavy atom. The van der Waals surface area contributed by atoms with E-state index < -0.39 is 12.2 Å². The second kappa shape index (κ2) is 8.12. The summed E-state index contributed by atoms with van der Waals surface area (Å²) >= 11 is 0. The van der Waals surface area contributed by atoms with Gasteiger partial charge in [0.25, 0.3) is 0 Å². The van der Waals surface area contributed by atoms with E-state index >= 15 is 0 Å². The number of carbonyl (C=O) groups is 1. The highest BCUT2D eigenvalue weighted by Gasteiger charge is 2.23. The molecular formula is C21H23N3O4. The lowest BCUT2D eigenvalue weighted by atomic mass is 10.0. The maximum Gasteiger partial charge on any atom is 0.345 e. The average molecular weight is 381 g/mol. The lowest BCUT2D eigenvalue weighted by Crippen LogP contribution is -2.17. The molecule has 1 aliphatic rings. The fraction of sp³-hybridized carbons (Fsp3) is 0.286. The second-order valence-corrected chi connectivity index (χ2v) is 6.37. The van der Waals surface area contributed by atoms with Gasteiger partial charge in [-0.3, -0.25) is 0 Å². The molecule has 1 N–H and O–H groups in total. The maximum absolute atomic E-state index is 12.3. The van der Waals surface area contributed by atoms with Crippen LogP contribution in [0, 0.1) is 6.92 Å². The van der Waals surface area contributed by atoms with E-state index in [4.69, 9.17) is 9.47 Å². The van der Waals surface area contributed by atoms with E-state index in [2.05, 4.69) is 10.1 Å². The molecule has 0 bridgehead atoms. The monoisotopic (exact) mass is 381 g/mol. The van der Waals surface area contributed by atoms with Gasteiger partial charge in [0.15, 0.2) is 6.23 Å². The van der Waals surface area contributed by atoms with Crippen LogP contribution in [0.5, 0.6) is 11.6 Å². The molecule has 0 saturated carbocycles. The molecule has 1 aromatic carbocycles. The fourth-order valence-corrected chi connectivity index (χ4v) is 2.85. The SMILES string of the molecule is CCOC(=O)c1cnn2c1OC(C)N=C(c1cccc(C)c1O)/C=C\C=C2C. The van der Waals surface area contributed by atoms with Gasteiger partial charge in [-0.25, -0.2) is 14.5 Å². The Bertz CT molecular complexity index is 986. The first kappa shape index (κ1) is 19.4. The third kappa shape index (κ3) is 3.83. The van der Waals surface area contributed by atoms with E-state index in [1.165, 1.54) is 10.9 Å². The van der Waals surface area contributed by atoms with Gasteiger partial charge in [0, 0.05) is 11.3 Å². The number of phenolic OH excluding ortho intramolecular Hbond substituents is 1. The lowest BCUT2D eigenvalue weighted by molar-refractivity contribution is 0.0519. The summed E-state index contributed by atoms with van der Waals surface area (Å²) in [5.41, 5.74) is 2.93. The van der Waals surface area contributed by atoms with Gasteiger partial charge in [0.05, 0.1) is 18.5 Å². The van der Waals surface area contributed by atoms with Crippen molar-refractivity contribution >= 4 is 17.4 Å². The van der Waals surface area contributed by atoms with Crippen LogP contribution in [0.2, 0.25) is 0 Å². The van der Waals surface area contributed by atoms with Crippen LogP contribution in [0.3, 0.4) is 0 Å². The summed E-state index contributed by atoms with van der Waals surface area (Å²) in [4.78, 5) is 16.8. The van der Waals surface area contributed by atoms with Gasteiger partial charge in [0.1, 0.15) is 11.3 Å². The van der Waals surface area contributed by atoms with Crippen molar-refractivity contribution in [1.29, 1.82) is 0 Å². The first-order chi connectivity index (χ1) is 13.4. The highest BCUT2D eigenvalue weighted by Crippen LogP contribution is 2.27. The molecular weight excluding hydrogens is 358 g/mol. The molecule has 7 nitrogen and oxygen atoms in total. The molecule has 28 heavy (non-hydrogen) atoms. The van der Waals surface area contributed by atoms with Crippen LogP contribution in [0.15, 0.2) is 47.6 Å². The molecule has 1 unspecified atom stereocenters. The number of para-hydroxylation sites is 1. The molecule has 1 aromatic heterocycles. The molecule has 0 aliphatic carbocycles. The van der Waals surface area contributed by atoms with Crippen molar-refractivity contribution in [1.82, 2.24) is 9.78 Å². The largest absolute Gasteiger partial charge is 0.507 e. The van der Waals surface area contributed by atoms with Crippen molar-refractivity contribution in [2.45, 2.75) is 33.9 Å². The number of nitrogens with zero attached hydrogens (tertiary/aromatic N) is 3. The van der Waals surface area contributed by atoms with Crippen molar-refractivity contribution in [2.24, 2.45) is 4.99 Å². The third-order valence-electron chi connectivity index (χ3n) is 4.26. The molecule has 0 radical (unpaired) electrons. The topological polar surface area (TPSA) is 85.9 Å². The minimum absolute atomic E-state index is 0.174. The molecule has 0 saturated heterocycles. The molecule has 2 aromatic rings. The number of fused-ring (bicyclic) bond motifs is 1. The minimum atomic E-state index is -0.630. The standard InChI is InChI=1S/C21H23N3O4/c1-5-27-21(26)17-12-22-24-14(3)9-7-11-18(23-15(4)28-20(17)24)16-10-6-8-13(2)19(16)25/h6-12,15,25H,5H2,1-4H3/b11-7-,14-9?,23-18?. The molecule has 1 aliphatic heterocycles. The number of hydrogen-bond donors (Lipinski definition) is 1. The Labute approximate surface area is 163 Å². The number of aromatic hydroxyl groups is 1. The molecule has 7 heteroatoms. The normalized spacial score (nSPS) is 17.6. The van der Waals surface area contributed by atoms with Crippen LogP contribution >= 0.6 is 0 Å². The van der Waals surface area contributed by atoms with Crippen molar-refractivity contribution in [3.05, 3.63) is 59.3 Å². The van der Waals surface area contributed by atoms with Gasteiger partial charge in [-0.05, 0) is 51.5 Å². The number of allylic oxidation sites excluding steroid dienone is 4. The fourth-order valence-electron chi connectivity index (χ4n) is 2.85. The van der Waals surface area contributed by atoms with Crippen LogP contribution in [-0.4, -0.2) is 39.4 Å². The number of aromatic nitrogens is 2. The van der Waals surface area contributed by atoms with Gasteiger partial charge in [-0.2, -0.15) is 5.10 Å². The van der Waals surface area contributed by atoms with Crippen LogP contribution in [-0.2, 0) is 4.74 Å². The number of hydrogen-bond acceptors (Lipinski definition) is 6. The predicted octanol–water partition coefficient (Wildman–Crippen LogP) is 3.72. The van der Waals surface area contributed by atoms with Crippen LogP contribution < -0.4 is 4.74 Å². The highest BCUT2D eigenvalue weighted by atomic mass is 16.5.